The monoisotopic (exact) mass is 277 g/mol. The molecule has 3 unspecified atom stereocenters. The van der Waals surface area contributed by atoms with E-state index in [1.807, 2.05) is 13.0 Å². The topological polar surface area (TPSA) is 77.8 Å². The van der Waals surface area contributed by atoms with E-state index in [1.54, 1.807) is 24.3 Å². The summed E-state index contributed by atoms with van der Waals surface area (Å²) < 4.78 is 0. The Balaban J connectivity index is 2.30. The number of benzene rings is 1. The summed E-state index contributed by atoms with van der Waals surface area (Å²) >= 11 is 0. The Kier molecular flexibility index (Phi) is 4.39. The summed E-state index contributed by atoms with van der Waals surface area (Å²) in [7, 11) is 0. The first-order valence-corrected chi connectivity index (χ1v) is 6.80. The minimum Gasteiger partial charge on any atom is -0.465 e. The van der Waals surface area contributed by atoms with Gasteiger partial charge >= 0.3 is 6.09 Å². The van der Waals surface area contributed by atoms with E-state index < -0.39 is 18.2 Å². The van der Waals surface area contributed by atoms with Gasteiger partial charge in [0.2, 0.25) is 0 Å². The molecule has 0 aliphatic carbocycles. The van der Waals surface area contributed by atoms with Gasteiger partial charge < -0.3 is 10.2 Å². The molecule has 0 saturated carbocycles. The maximum atomic E-state index is 11.8. The van der Waals surface area contributed by atoms with E-state index in [9.17, 15) is 19.8 Å². The molecule has 0 radical (unpaired) electrons. The number of hydrogen-bond acceptors (Lipinski definition) is 3. The summed E-state index contributed by atoms with van der Waals surface area (Å²) in [5.74, 6) is 0.00864. The summed E-state index contributed by atoms with van der Waals surface area (Å²) in [6.07, 6.45) is -1.19. The van der Waals surface area contributed by atoms with Crippen molar-refractivity contribution in [2.45, 2.75) is 44.4 Å². The molecule has 1 aliphatic rings. The van der Waals surface area contributed by atoms with Crippen LogP contribution in [0.1, 0.15) is 37.9 Å². The predicted octanol–water partition coefficient (Wildman–Crippen LogP) is 2.21. The van der Waals surface area contributed by atoms with Crippen LogP contribution in [0, 0.1) is 0 Å². The Morgan fingerprint density at radius 2 is 2.00 bits per heavy atom. The van der Waals surface area contributed by atoms with Crippen LogP contribution in [-0.4, -0.2) is 39.1 Å². The molecular formula is C15H19NO4. The normalized spacial score (nSPS) is 24.5. The van der Waals surface area contributed by atoms with Gasteiger partial charge in [0.1, 0.15) is 5.78 Å². The number of aliphatic hydroxyl groups excluding tert-OH is 1. The Bertz CT molecular complexity index is 488. The number of nitrogens with zero attached hydrogens (tertiary/aromatic N) is 1. The van der Waals surface area contributed by atoms with Crippen LogP contribution in [0.5, 0.6) is 0 Å². The molecular weight excluding hydrogens is 258 g/mol. The van der Waals surface area contributed by atoms with Crippen molar-refractivity contribution in [1.82, 2.24) is 4.90 Å². The fraction of sp³-hybridized carbons (Fsp3) is 0.467. The zero-order valence-electron chi connectivity index (χ0n) is 11.4. The van der Waals surface area contributed by atoms with Crippen LogP contribution in [0.3, 0.4) is 0 Å². The second kappa shape index (κ2) is 6.05. The van der Waals surface area contributed by atoms with Crippen LogP contribution in [0.2, 0.25) is 0 Å². The molecule has 1 aliphatic heterocycles. The number of piperidine rings is 1. The molecule has 5 nitrogen and oxygen atoms in total. The standard InChI is InChI=1S/C15H19NO4/c1-2-11-8-12(17)9-13(16(11)15(19)20)14(18)10-6-4-3-5-7-10/h3-7,11,13-14,18H,2,8-9H2,1H3,(H,19,20). The van der Waals surface area contributed by atoms with Crippen LogP contribution in [0.25, 0.3) is 0 Å². The van der Waals surface area contributed by atoms with Crippen molar-refractivity contribution >= 4 is 11.9 Å². The molecule has 1 aromatic rings. The lowest BCUT2D eigenvalue weighted by Crippen LogP contribution is -2.54. The van der Waals surface area contributed by atoms with Crippen LogP contribution in [-0.2, 0) is 4.79 Å². The van der Waals surface area contributed by atoms with Crippen LogP contribution in [0.15, 0.2) is 30.3 Å². The van der Waals surface area contributed by atoms with Crippen molar-refractivity contribution in [3.63, 3.8) is 0 Å². The van der Waals surface area contributed by atoms with Gasteiger partial charge in [-0.15, -0.1) is 0 Å². The molecule has 2 N–H and O–H groups in total. The minimum absolute atomic E-state index is 0.00864. The van der Waals surface area contributed by atoms with Crippen LogP contribution in [0.4, 0.5) is 4.79 Å². The third-order valence-electron chi connectivity index (χ3n) is 3.85. The number of hydrogen-bond donors (Lipinski definition) is 2. The van der Waals surface area contributed by atoms with Gasteiger partial charge in [-0.2, -0.15) is 0 Å². The van der Waals surface area contributed by atoms with E-state index in [1.165, 1.54) is 4.90 Å². The Morgan fingerprint density at radius 3 is 2.55 bits per heavy atom. The summed E-state index contributed by atoms with van der Waals surface area (Å²) in [6.45, 7) is 1.85. The van der Waals surface area contributed by atoms with Gasteiger partial charge in [-0.1, -0.05) is 37.3 Å². The highest BCUT2D eigenvalue weighted by Crippen LogP contribution is 2.31. The second-order valence-electron chi connectivity index (χ2n) is 5.12. The lowest BCUT2D eigenvalue weighted by Gasteiger charge is -2.41. The van der Waals surface area contributed by atoms with Crippen molar-refractivity contribution in [2.75, 3.05) is 0 Å². The van der Waals surface area contributed by atoms with Gasteiger partial charge in [0.15, 0.2) is 0 Å². The molecule has 108 valence electrons. The molecule has 0 spiro atoms. The summed E-state index contributed by atoms with van der Waals surface area (Å²) in [5, 5.41) is 19.8. The number of Topliss-reactive ketones (excluding diaryl/α,β-unsaturated/α-hetero) is 1. The Morgan fingerprint density at radius 1 is 1.35 bits per heavy atom. The SMILES string of the molecule is CCC1CC(=O)CC(C(O)c2ccccc2)N1C(=O)O. The van der Waals surface area contributed by atoms with Gasteiger partial charge in [0.25, 0.3) is 0 Å². The number of carbonyl (C=O) groups is 2. The molecule has 1 heterocycles. The van der Waals surface area contributed by atoms with Gasteiger partial charge in [-0.25, -0.2) is 4.79 Å². The maximum Gasteiger partial charge on any atom is 0.407 e. The zero-order chi connectivity index (χ0) is 14.7. The molecule has 1 aromatic carbocycles. The van der Waals surface area contributed by atoms with E-state index in [0.717, 1.165) is 0 Å². The number of likely N-dealkylation sites (tertiary alicyclic amines) is 1. The van der Waals surface area contributed by atoms with Gasteiger partial charge in [-0.05, 0) is 12.0 Å². The van der Waals surface area contributed by atoms with Crippen molar-refractivity contribution in [1.29, 1.82) is 0 Å². The highest BCUT2D eigenvalue weighted by Gasteiger charge is 2.40. The molecule has 20 heavy (non-hydrogen) atoms. The summed E-state index contributed by atoms with van der Waals surface area (Å²) in [5.41, 5.74) is 0.633. The zero-order valence-corrected chi connectivity index (χ0v) is 11.4. The third kappa shape index (κ3) is 2.82. The molecule has 2 rings (SSSR count). The number of aliphatic hydroxyl groups is 1. The average molecular weight is 277 g/mol. The molecule has 0 bridgehead atoms. The minimum atomic E-state index is -1.08. The number of carboxylic acid groups (broad SMARTS) is 1. The van der Waals surface area contributed by atoms with Crippen molar-refractivity contribution in [3.8, 4) is 0 Å². The largest absolute Gasteiger partial charge is 0.465 e. The lowest BCUT2D eigenvalue weighted by atomic mass is 9.88. The predicted molar refractivity (Wildman–Crippen MR) is 73.4 cm³/mol. The maximum absolute atomic E-state index is 11.8. The highest BCUT2D eigenvalue weighted by molar-refractivity contribution is 5.83. The van der Waals surface area contributed by atoms with Crippen LogP contribution < -0.4 is 0 Å². The van der Waals surface area contributed by atoms with Gasteiger partial charge in [-0.3, -0.25) is 9.69 Å². The molecule has 1 fully saturated rings. The number of ketones is 1. The Hall–Kier alpha value is -1.88. The van der Waals surface area contributed by atoms with E-state index >= 15 is 0 Å². The van der Waals surface area contributed by atoms with Crippen molar-refractivity contribution in [3.05, 3.63) is 35.9 Å². The smallest absolute Gasteiger partial charge is 0.407 e. The first kappa shape index (κ1) is 14.5. The quantitative estimate of drug-likeness (QED) is 0.888. The van der Waals surface area contributed by atoms with E-state index in [2.05, 4.69) is 0 Å². The third-order valence-corrected chi connectivity index (χ3v) is 3.85. The first-order chi connectivity index (χ1) is 9.54. The number of amides is 1. The van der Waals surface area contributed by atoms with Crippen molar-refractivity contribution < 1.29 is 19.8 Å². The summed E-state index contributed by atoms with van der Waals surface area (Å²) in [4.78, 5) is 24.5. The van der Waals surface area contributed by atoms with Crippen molar-refractivity contribution in [2.24, 2.45) is 0 Å². The highest BCUT2D eigenvalue weighted by atomic mass is 16.4. The van der Waals surface area contributed by atoms with E-state index in [4.69, 9.17) is 0 Å². The van der Waals surface area contributed by atoms with Gasteiger partial charge in [0.05, 0.1) is 12.1 Å². The molecule has 1 amide bonds. The number of carbonyl (C=O) groups excluding carboxylic acids is 1. The first-order valence-electron chi connectivity index (χ1n) is 6.80. The molecule has 5 heteroatoms. The molecule has 0 aromatic heterocycles. The average Bonchev–Trinajstić information content (AvgIpc) is 2.46. The van der Waals surface area contributed by atoms with Gasteiger partial charge in [0, 0.05) is 18.9 Å². The van der Waals surface area contributed by atoms with E-state index in [0.29, 0.717) is 12.0 Å². The fourth-order valence-electron chi connectivity index (χ4n) is 2.82. The van der Waals surface area contributed by atoms with E-state index in [-0.39, 0.29) is 24.7 Å². The lowest BCUT2D eigenvalue weighted by molar-refractivity contribution is -0.127. The molecule has 3 atom stereocenters. The summed E-state index contributed by atoms with van der Waals surface area (Å²) in [6, 6.07) is 7.82. The second-order valence-corrected chi connectivity index (χ2v) is 5.12. The van der Waals surface area contributed by atoms with Crippen LogP contribution >= 0.6 is 0 Å². The fourth-order valence-corrected chi connectivity index (χ4v) is 2.82. The Labute approximate surface area is 117 Å². The molecule has 1 saturated heterocycles. The number of rotatable bonds is 3.